The van der Waals surface area contributed by atoms with E-state index < -0.39 is 12.6 Å². The molecule has 0 aliphatic carbocycles. The van der Waals surface area contributed by atoms with Crippen molar-refractivity contribution in [3.63, 3.8) is 0 Å². The molecule has 0 radical (unpaired) electrons. The van der Waals surface area contributed by atoms with Gasteiger partial charge in [-0.2, -0.15) is 0 Å². The van der Waals surface area contributed by atoms with Gasteiger partial charge >= 0.3 is 5.97 Å². The summed E-state index contributed by atoms with van der Waals surface area (Å²) in [6, 6.07) is 3.49. The lowest BCUT2D eigenvalue weighted by molar-refractivity contribution is -0.139. The van der Waals surface area contributed by atoms with Gasteiger partial charge in [-0.3, -0.25) is 9.59 Å². The van der Waals surface area contributed by atoms with Gasteiger partial charge in [-0.1, -0.05) is 0 Å². The molecule has 7 nitrogen and oxygen atoms in total. The van der Waals surface area contributed by atoms with Crippen LogP contribution in [0.25, 0.3) is 0 Å². The Hall–Kier alpha value is -2.57. The molecular formula is C21H28N2O5. The Labute approximate surface area is 165 Å². The van der Waals surface area contributed by atoms with Crippen molar-refractivity contribution in [2.45, 2.75) is 39.5 Å². The van der Waals surface area contributed by atoms with Gasteiger partial charge in [0.2, 0.25) is 5.91 Å². The Kier molecular flexibility index (Phi) is 6.21. The van der Waals surface area contributed by atoms with Crippen LogP contribution < -0.4 is 4.74 Å². The van der Waals surface area contributed by atoms with Crippen molar-refractivity contribution in [3.05, 3.63) is 28.8 Å². The number of aryl methyl sites for hydroxylation is 2. The SMILES string of the molecule is Cc1cc(C(=O)N2CCC(C(=O)N3CCCC3)CC2)cc(C)c1OCC(=O)O. The lowest BCUT2D eigenvalue weighted by atomic mass is 9.94. The van der Waals surface area contributed by atoms with Crippen LogP contribution in [0.4, 0.5) is 0 Å². The van der Waals surface area contributed by atoms with E-state index in [-0.39, 0.29) is 17.7 Å². The molecular weight excluding hydrogens is 360 g/mol. The number of aliphatic carboxylic acids is 1. The molecule has 0 aromatic heterocycles. The second kappa shape index (κ2) is 8.63. The third-order valence-electron chi connectivity index (χ3n) is 5.60. The van der Waals surface area contributed by atoms with Crippen LogP contribution in [0, 0.1) is 19.8 Å². The minimum absolute atomic E-state index is 0.0254. The summed E-state index contributed by atoms with van der Waals surface area (Å²) >= 11 is 0. The van der Waals surface area contributed by atoms with Crippen molar-refractivity contribution in [3.8, 4) is 5.75 Å². The summed E-state index contributed by atoms with van der Waals surface area (Å²) in [6.45, 7) is 6.11. The minimum atomic E-state index is -1.04. The Bertz CT molecular complexity index is 739. The van der Waals surface area contributed by atoms with Crippen molar-refractivity contribution in [1.82, 2.24) is 9.80 Å². The highest BCUT2D eigenvalue weighted by Crippen LogP contribution is 2.27. The van der Waals surface area contributed by atoms with Crippen molar-refractivity contribution >= 4 is 17.8 Å². The first kappa shape index (κ1) is 20.2. The van der Waals surface area contributed by atoms with E-state index in [0.717, 1.165) is 37.1 Å². The highest BCUT2D eigenvalue weighted by atomic mass is 16.5. The number of likely N-dealkylation sites (tertiary alicyclic amines) is 2. The molecule has 2 amide bonds. The zero-order valence-corrected chi connectivity index (χ0v) is 16.6. The van der Waals surface area contributed by atoms with Gasteiger partial charge < -0.3 is 19.6 Å². The average molecular weight is 388 g/mol. The van der Waals surface area contributed by atoms with Crippen LogP contribution in [0.3, 0.4) is 0 Å². The standard InChI is InChI=1S/C21H28N2O5/c1-14-11-17(12-15(2)19(14)28-13-18(24)25)21(27)23-9-5-16(6-10-23)20(26)22-7-3-4-8-22/h11-12,16H,3-10,13H2,1-2H3,(H,24,25). The summed E-state index contributed by atoms with van der Waals surface area (Å²) in [6.07, 6.45) is 3.60. The van der Waals surface area contributed by atoms with E-state index in [2.05, 4.69) is 0 Å². The van der Waals surface area contributed by atoms with E-state index in [1.54, 1.807) is 17.0 Å². The first-order valence-electron chi connectivity index (χ1n) is 9.90. The van der Waals surface area contributed by atoms with Gasteiger partial charge in [0.15, 0.2) is 6.61 Å². The van der Waals surface area contributed by atoms with Crippen LogP contribution in [0.2, 0.25) is 0 Å². The molecule has 2 saturated heterocycles. The Balaban J connectivity index is 1.61. The number of amides is 2. The number of piperidine rings is 1. The van der Waals surface area contributed by atoms with Crippen LogP contribution in [0.5, 0.6) is 5.75 Å². The Morgan fingerprint density at radius 3 is 2.11 bits per heavy atom. The lowest BCUT2D eigenvalue weighted by Crippen LogP contribution is -2.43. The van der Waals surface area contributed by atoms with E-state index in [1.807, 2.05) is 18.7 Å². The van der Waals surface area contributed by atoms with Crippen molar-refractivity contribution in [1.29, 1.82) is 0 Å². The van der Waals surface area contributed by atoms with Crippen molar-refractivity contribution in [2.24, 2.45) is 5.92 Å². The first-order chi connectivity index (χ1) is 13.4. The monoisotopic (exact) mass is 388 g/mol. The third kappa shape index (κ3) is 4.46. The number of rotatable bonds is 5. The molecule has 3 rings (SSSR count). The maximum absolute atomic E-state index is 12.9. The topological polar surface area (TPSA) is 87.2 Å². The van der Waals surface area contributed by atoms with Gasteiger partial charge in [-0.15, -0.1) is 0 Å². The van der Waals surface area contributed by atoms with Crippen LogP contribution in [0.15, 0.2) is 12.1 Å². The summed E-state index contributed by atoms with van der Waals surface area (Å²) in [4.78, 5) is 40.0. The van der Waals surface area contributed by atoms with Gasteiger partial charge in [0.05, 0.1) is 0 Å². The van der Waals surface area contributed by atoms with E-state index >= 15 is 0 Å². The fourth-order valence-corrected chi connectivity index (χ4v) is 4.14. The van der Waals surface area contributed by atoms with E-state index in [0.29, 0.717) is 37.2 Å². The molecule has 152 valence electrons. The van der Waals surface area contributed by atoms with Crippen molar-refractivity contribution in [2.75, 3.05) is 32.8 Å². The second-order valence-corrected chi connectivity index (χ2v) is 7.72. The number of carboxylic acids is 1. The molecule has 1 N–H and O–H groups in total. The molecule has 1 aromatic carbocycles. The maximum atomic E-state index is 12.9. The molecule has 0 saturated carbocycles. The number of carbonyl (C=O) groups is 3. The number of benzene rings is 1. The number of carboxylic acid groups (broad SMARTS) is 1. The molecule has 28 heavy (non-hydrogen) atoms. The molecule has 2 heterocycles. The fraction of sp³-hybridized carbons (Fsp3) is 0.571. The maximum Gasteiger partial charge on any atom is 0.341 e. The molecule has 7 heteroatoms. The molecule has 0 bridgehead atoms. The third-order valence-corrected chi connectivity index (χ3v) is 5.60. The summed E-state index contributed by atoms with van der Waals surface area (Å²) < 4.78 is 5.33. The summed E-state index contributed by atoms with van der Waals surface area (Å²) in [5, 5.41) is 8.79. The van der Waals surface area contributed by atoms with E-state index in [4.69, 9.17) is 9.84 Å². The fourth-order valence-electron chi connectivity index (χ4n) is 4.14. The molecule has 0 spiro atoms. The van der Waals surface area contributed by atoms with Crippen LogP contribution in [-0.4, -0.2) is 65.5 Å². The van der Waals surface area contributed by atoms with Crippen molar-refractivity contribution < 1.29 is 24.2 Å². The number of carbonyl (C=O) groups excluding carboxylic acids is 2. The Morgan fingerprint density at radius 2 is 1.57 bits per heavy atom. The predicted octanol–water partition coefficient (Wildman–Crippen LogP) is 2.24. The highest BCUT2D eigenvalue weighted by molar-refractivity contribution is 5.95. The summed E-state index contributed by atoms with van der Waals surface area (Å²) in [5.41, 5.74) is 2.05. The zero-order chi connectivity index (χ0) is 20.3. The Morgan fingerprint density at radius 1 is 1.00 bits per heavy atom. The quantitative estimate of drug-likeness (QED) is 0.836. The number of ether oxygens (including phenoxy) is 1. The molecule has 0 unspecified atom stereocenters. The predicted molar refractivity (Wildman–Crippen MR) is 103 cm³/mol. The van der Waals surface area contributed by atoms with Gasteiger partial charge in [0.1, 0.15) is 5.75 Å². The molecule has 1 aromatic rings. The summed E-state index contributed by atoms with van der Waals surface area (Å²) in [7, 11) is 0. The van der Waals surface area contributed by atoms with E-state index in [1.165, 1.54) is 0 Å². The molecule has 2 fully saturated rings. The van der Waals surface area contributed by atoms with Gasteiger partial charge in [-0.25, -0.2) is 4.79 Å². The van der Waals surface area contributed by atoms with Gasteiger partial charge in [-0.05, 0) is 62.8 Å². The smallest absolute Gasteiger partial charge is 0.341 e. The van der Waals surface area contributed by atoms with Crippen LogP contribution in [0.1, 0.15) is 47.2 Å². The lowest BCUT2D eigenvalue weighted by Gasteiger charge is -2.33. The second-order valence-electron chi connectivity index (χ2n) is 7.72. The minimum Gasteiger partial charge on any atom is -0.481 e. The number of hydrogen-bond acceptors (Lipinski definition) is 4. The molecule has 2 aliphatic heterocycles. The molecule has 0 atom stereocenters. The van der Waals surface area contributed by atoms with E-state index in [9.17, 15) is 14.4 Å². The van der Waals surface area contributed by atoms with Crippen LogP contribution in [-0.2, 0) is 9.59 Å². The first-order valence-corrected chi connectivity index (χ1v) is 9.90. The molecule has 2 aliphatic rings. The zero-order valence-electron chi connectivity index (χ0n) is 16.6. The van der Waals surface area contributed by atoms with Gasteiger partial charge in [0.25, 0.3) is 5.91 Å². The highest BCUT2D eigenvalue weighted by Gasteiger charge is 2.31. The number of hydrogen-bond donors (Lipinski definition) is 1. The largest absolute Gasteiger partial charge is 0.481 e. The van der Waals surface area contributed by atoms with Crippen LogP contribution >= 0.6 is 0 Å². The van der Waals surface area contributed by atoms with Gasteiger partial charge in [0, 0.05) is 37.7 Å². The summed E-state index contributed by atoms with van der Waals surface area (Å²) in [5.74, 6) is -0.309. The number of nitrogens with zero attached hydrogens (tertiary/aromatic N) is 2. The normalized spacial score (nSPS) is 17.6. The average Bonchev–Trinajstić information content (AvgIpc) is 3.20.